The molecule has 3 fully saturated rings. The highest BCUT2D eigenvalue weighted by atomic mass is 35.5. The van der Waals surface area contributed by atoms with Gasteiger partial charge in [0.2, 0.25) is 0 Å². The molecule has 1 aliphatic carbocycles. The molecule has 2 aliphatic heterocycles. The van der Waals surface area contributed by atoms with Crippen molar-refractivity contribution < 1.29 is 9.59 Å². The number of halogens is 1. The van der Waals surface area contributed by atoms with Gasteiger partial charge in [0.25, 0.3) is 5.91 Å². The zero-order chi connectivity index (χ0) is 21.1. The monoisotopic (exact) mass is 432 g/mol. The van der Waals surface area contributed by atoms with Crippen molar-refractivity contribution in [3.8, 4) is 0 Å². The predicted octanol–water partition coefficient (Wildman–Crippen LogP) is 2.54. The molecule has 0 radical (unpaired) electrons. The largest absolute Gasteiger partial charge is 0.320 e. The number of hydrogen-bond acceptors (Lipinski definition) is 5. The second kappa shape index (κ2) is 9.35. The van der Waals surface area contributed by atoms with E-state index in [4.69, 9.17) is 17.3 Å². The van der Waals surface area contributed by atoms with Gasteiger partial charge in [0, 0.05) is 23.7 Å². The van der Waals surface area contributed by atoms with Gasteiger partial charge in [-0.3, -0.25) is 19.9 Å². The first kappa shape index (κ1) is 21.8. The number of Topliss-reactive ketones (excluding diaryl/α,β-unsaturated/α-hetero) is 1. The smallest absolute Gasteiger partial charge is 0.251 e. The van der Waals surface area contributed by atoms with E-state index in [2.05, 4.69) is 10.3 Å². The quantitative estimate of drug-likeness (QED) is 0.722. The topological polar surface area (TPSA) is 78.7 Å². The molecule has 1 aromatic carbocycles. The number of nitrogens with zero attached hydrogens (tertiary/aromatic N) is 2. The van der Waals surface area contributed by atoms with Gasteiger partial charge in [-0.05, 0) is 55.7 Å². The summed E-state index contributed by atoms with van der Waals surface area (Å²) in [5.41, 5.74) is 10.3. The summed E-state index contributed by atoms with van der Waals surface area (Å²) in [4.78, 5) is 26.8. The molecule has 6 nitrogen and oxygen atoms in total. The van der Waals surface area contributed by atoms with Crippen LogP contribution in [0.4, 0.5) is 0 Å². The van der Waals surface area contributed by atoms with Crippen LogP contribution in [0.15, 0.2) is 24.3 Å². The predicted molar refractivity (Wildman–Crippen MR) is 118 cm³/mol. The lowest BCUT2D eigenvalue weighted by molar-refractivity contribution is -0.144. The Bertz CT molecular complexity index is 747. The number of amides is 1. The Balaban J connectivity index is 1.32. The molecule has 164 valence electrons. The lowest BCUT2D eigenvalue weighted by Gasteiger charge is -2.56. The maximum atomic E-state index is 12.6. The number of hydrogen-bond donors (Lipinski definition) is 2. The number of likely N-dealkylation sites (tertiary alicyclic amines) is 1. The number of ketones is 1. The van der Waals surface area contributed by atoms with Gasteiger partial charge in [-0.2, -0.15) is 0 Å². The number of rotatable bonds is 6. The number of nitrogens with two attached hydrogens (primary N) is 1. The van der Waals surface area contributed by atoms with Crippen molar-refractivity contribution in [2.75, 3.05) is 26.2 Å². The molecule has 0 aromatic heterocycles. The zero-order valence-electron chi connectivity index (χ0n) is 17.6. The molecule has 2 heterocycles. The Morgan fingerprint density at radius 1 is 1.13 bits per heavy atom. The fraction of sp³-hybridized carbons (Fsp3) is 0.652. The van der Waals surface area contributed by atoms with E-state index in [0.717, 1.165) is 31.5 Å². The van der Waals surface area contributed by atoms with Gasteiger partial charge in [0.15, 0.2) is 5.78 Å². The molecular weight excluding hydrogens is 400 g/mol. The Morgan fingerprint density at radius 3 is 2.37 bits per heavy atom. The SMILES string of the molecule is N[C@H](Cc1ccc(Cl)cc1)C(=O)NN1CCC(C2CCCCC2)(N2CC(=O)C2)CC1. The van der Waals surface area contributed by atoms with Crippen LogP contribution < -0.4 is 11.2 Å². The molecule has 1 aromatic rings. The molecule has 2 saturated heterocycles. The lowest BCUT2D eigenvalue weighted by atomic mass is 9.68. The molecule has 4 rings (SSSR count). The fourth-order valence-corrected chi connectivity index (χ4v) is 5.65. The molecule has 0 unspecified atom stereocenters. The molecule has 1 amide bonds. The molecule has 0 bridgehead atoms. The van der Waals surface area contributed by atoms with E-state index >= 15 is 0 Å². The third-order valence-electron chi connectivity index (χ3n) is 7.33. The van der Waals surface area contributed by atoms with Crippen molar-refractivity contribution in [3.63, 3.8) is 0 Å². The van der Waals surface area contributed by atoms with Crippen molar-refractivity contribution >= 4 is 23.3 Å². The fourth-order valence-electron chi connectivity index (χ4n) is 5.53. The van der Waals surface area contributed by atoms with Crippen molar-refractivity contribution in [2.24, 2.45) is 11.7 Å². The summed E-state index contributed by atoms with van der Waals surface area (Å²) in [5.74, 6) is 0.882. The van der Waals surface area contributed by atoms with Gasteiger partial charge in [-0.15, -0.1) is 0 Å². The second-order valence-corrected chi connectivity index (χ2v) is 9.67. The van der Waals surface area contributed by atoms with Gasteiger partial charge < -0.3 is 5.73 Å². The zero-order valence-corrected chi connectivity index (χ0v) is 18.4. The molecule has 3 aliphatic rings. The summed E-state index contributed by atoms with van der Waals surface area (Å²) in [5, 5.41) is 2.70. The molecule has 1 atom stereocenters. The van der Waals surface area contributed by atoms with Crippen molar-refractivity contribution in [1.82, 2.24) is 15.3 Å². The van der Waals surface area contributed by atoms with E-state index in [1.165, 1.54) is 32.1 Å². The van der Waals surface area contributed by atoms with Crippen LogP contribution in [0.5, 0.6) is 0 Å². The van der Waals surface area contributed by atoms with Gasteiger partial charge in [0.05, 0.1) is 19.1 Å². The number of carbonyl (C=O) groups is 2. The molecule has 0 spiro atoms. The van der Waals surface area contributed by atoms with E-state index in [1.807, 2.05) is 29.3 Å². The minimum Gasteiger partial charge on any atom is -0.320 e. The Morgan fingerprint density at radius 2 is 1.77 bits per heavy atom. The standard InChI is InChI=1S/C23H33ClN4O2/c24-19-8-6-17(7-9-19)14-21(25)22(30)26-28-12-10-23(11-13-28,27-15-20(29)16-27)18-4-2-1-3-5-18/h6-9,18,21H,1-5,10-16,25H2,(H,26,30)/t21-/m1/s1. The third-order valence-corrected chi connectivity index (χ3v) is 7.58. The molecule has 1 saturated carbocycles. The number of piperidine rings is 1. The number of nitrogens with one attached hydrogen (secondary N) is 1. The molecular formula is C23H33ClN4O2. The Labute approximate surface area is 184 Å². The van der Waals surface area contributed by atoms with Crippen LogP contribution in [0.25, 0.3) is 0 Å². The summed E-state index contributed by atoms with van der Waals surface area (Å²) in [6, 6.07) is 6.85. The van der Waals surface area contributed by atoms with Crippen molar-refractivity contribution in [3.05, 3.63) is 34.9 Å². The summed E-state index contributed by atoms with van der Waals surface area (Å²) in [7, 11) is 0. The molecule has 3 N–H and O–H groups in total. The molecule has 30 heavy (non-hydrogen) atoms. The average molecular weight is 433 g/mol. The van der Waals surface area contributed by atoms with Crippen LogP contribution in [-0.4, -0.2) is 59.4 Å². The lowest BCUT2D eigenvalue weighted by Crippen LogP contribution is -2.68. The van der Waals surface area contributed by atoms with Crippen LogP contribution in [0.2, 0.25) is 5.02 Å². The van der Waals surface area contributed by atoms with Crippen LogP contribution in [-0.2, 0) is 16.0 Å². The minimum atomic E-state index is -0.593. The van der Waals surface area contributed by atoms with Gasteiger partial charge in [-0.25, -0.2) is 5.01 Å². The highest BCUT2D eigenvalue weighted by Gasteiger charge is 2.49. The first-order valence-electron chi connectivity index (χ1n) is 11.3. The molecule has 7 heteroatoms. The maximum Gasteiger partial charge on any atom is 0.251 e. The number of benzene rings is 1. The second-order valence-electron chi connectivity index (χ2n) is 9.23. The third kappa shape index (κ3) is 4.72. The van der Waals surface area contributed by atoms with Crippen molar-refractivity contribution in [1.29, 1.82) is 0 Å². The number of hydrazine groups is 1. The number of carbonyl (C=O) groups excluding carboxylic acids is 2. The summed E-state index contributed by atoms with van der Waals surface area (Å²) < 4.78 is 0. The van der Waals surface area contributed by atoms with Crippen LogP contribution >= 0.6 is 11.6 Å². The summed E-state index contributed by atoms with van der Waals surface area (Å²) in [6.45, 7) is 2.82. The first-order valence-corrected chi connectivity index (χ1v) is 11.7. The summed E-state index contributed by atoms with van der Waals surface area (Å²) in [6.07, 6.45) is 8.95. The van der Waals surface area contributed by atoms with Crippen molar-refractivity contribution in [2.45, 2.75) is 62.9 Å². The van der Waals surface area contributed by atoms with Gasteiger partial charge >= 0.3 is 0 Å². The van der Waals surface area contributed by atoms with E-state index in [1.54, 1.807) is 0 Å². The highest BCUT2D eigenvalue weighted by Crippen LogP contribution is 2.44. The summed E-state index contributed by atoms with van der Waals surface area (Å²) >= 11 is 5.92. The van der Waals surface area contributed by atoms with Crippen LogP contribution in [0.3, 0.4) is 0 Å². The average Bonchev–Trinajstić information content (AvgIpc) is 2.74. The van der Waals surface area contributed by atoms with E-state index in [-0.39, 0.29) is 11.4 Å². The normalized spacial score (nSPS) is 24.3. The van der Waals surface area contributed by atoms with E-state index in [9.17, 15) is 9.59 Å². The first-order chi connectivity index (χ1) is 14.5. The van der Waals surface area contributed by atoms with Gasteiger partial charge in [0.1, 0.15) is 0 Å². The maximum absolute atomic E-state index is 12.6. The Kier molecular flexibility index (Phi) is 6.78. The van der Waals surface area contributed by atoms with E-state index in [0.29, 0.717) is 36.2 Å². The van der Waals surface area contributed by atoms with Gasteiger partial charge in [-0.1, -0.05) is 43.0 Å². The Hall–Kier alpha value is -1.47. The minimum absolute atomic E-state index is 0.126. The van der Waals surface area contributed by atoms with E-state index < -0.39 is 6.04 Å². The van der Waals surface area contributed by atoms with Crippen LogP contribution in [0, 0.1) is 5.92 Å². The van der Waals surface area contributed by atoms with Crippen LogP contribution in [0.1, 0.15) is 50.5 Å². The highest BCUT2D eigenvalue weighted by molar-refractivity contribution is 6.30.